The second-order valence-electron chi connectivity index (χ2n) is 6.97. The van der Waals surface area contributed by atoms with Crippen LogP contribution in [0.1, 0.15) is 23.0 Å². The van der Waals surface area contributed by atoms with Crippen LogP contribution < -0.4 is 59.4 Å². The minimum absolute atomic E-state index is 0. The van der Waals surface area contributed by atoms with Gasteiger partial charge in [-0.3, -0.25) is 9.59 Å². The van der Waals surface area contributed by atoms with Gasteiger partial charge in [-0.2, -0.15) is 0 Å². The molecule has 0 saturated heterocycles. The maximum absolute atomic E-state index is 11.4. The van der Waals surface area contributed by atoms with Crippen LogP contribution in [0.15, 0.2) is 61.1 Å². The van der Waals surface area contributed by atoms with E-state index in [0.717, 1.165) is 0 Å². The molecule has 0 spiro atoms. The van der Waals surface area contributed by atoms with Crippen molar-refractivity contribution in [3.63, 3.8) is 0 Å². The van der Waals surface area contributed by atoms with Crippen LogP contribution in [0, 0.1) is 48.2 Å². The van der Waals surface area contributed by atoms with Gasteiger partial charge in [0, 0.05) is 24.3 Å². The molecule has 21 heteroatoms. The summed E-state index contributed by atoms with van der Waals surface area (Å²) in [5.74, 6) is 1.81. The van der Waals surface area contributed by atoms with Gasteiger partial charge in [-0.05, 0) is 27.7 Å². The van der Waals surface area contributed by atoms with E-state index in [-0.39, 0.29) is 63.2 Å². The van der Waals surface area contributed by atoms with Gasteiger partial charge in [0.1, 0.15) is 34.2 Å². The number of hydrogen-bond donors (Lipinski definition) is 0. The molecule has 41 heavy (non-hydrogen) atoms. The third kappa shape index (κ3) is 16.2. The Labute approximate surface area is 243 Å². The standard InChI is InChI=1S/2C10H8O4.2ClHO4.2H2O.Zn/c2*1-5-3-7(11)9-8(13-5)4-6(2)14-10(9)12;2*2-1(3,4)5;;;/h2*3-4H,1-2H3;2*(H,2,3,4,5);2*1H2;/q;;;;;;+2. The Morgan fingerprint density at radius 2 is 0.707 bits per heavy atom. The third-order valence-corrected chi connectivity index (χ3v) is 3.78. The first-order chi connectivity index (χ1) is 17.2. The van der Waals surface area contributed by atoms with Crippen LogP contribution in [-0.2, 0) is 30.4 Å². The summed E-state index contributed by atoms with van der Waals surface area (Å²) in [6.45, 7) is 6.57. The van der Waals surface area contributed by atoms with E-state index < -0.39 is 31.7 Å². The minimum Gasteiger partial charge on any atom is -0.461 e. The summed E-state index contributed by atoms with van der Waals surface area (Å²) in [6.07, 6.45) is 0. The Hall–Kier alpha value is -2.88. The zero-order valence-corrected chi connectivity index (χ0v) is 25.9. The second kappa shape index (κ2) is 17.2. The van der Waals surface area contributed by atoms with E-state index in [9.17, 15) is 19.2 Å². The Kier molecular flexibility index (Phi) is 17.8. The van der Waals surface area contributed by atoms with Gasteiger partial charge in [-0.15, -0.1) is 20.5 Å². The first kappa shape index (κ1) is 42.6. The van der Waals surface area contributed by atoms with Crippen molar-refractivity contribution in [1.29, 1.82) is 0 Å². The van der Waals surface area contributed by atoms with Crippen LogP contribution >= 0.6 is 0 Å². The molecule has 4 heterocycles. The topological polar surface area (TPSA) is 371 Å². The summed E-state index contributed by atoms with van der Waals surface area (Å²) in [6, 6.07) is 5.61. The first-order valence-corrected chi connectivity index (χ1v) is 12.0. The number of rotatable bonds is 0. The van der Waals surface area contributed by atoms with Crippen LogP contribution in [-0.4, -0.2) is 0 Å². The molecule has 0 unspecified atom stereocenters. The van der Waals surface area contributed by atoms with E-state index in [4.69, 9.17) is 54.9 Å². The van der Waals surface area contributed by atoms with E-state index in [1.165, 1.54) is 24.3 Å². The summed E-state index contributed by atoms with van der Waals surface area (Å²) in [5, 5.41) is -0.0533. The van der Waals surface area contributed by atoms with Gasteiger partial charge in [-0.1, -0.05) is 0 Å². The molecule has 0 bridgehead atoms. The molecule has 224 valence electrons. The number of hydrogen-bond acceptors (Lipinski definition) is 16. The van der Waals surface area contributed by atoms with Crippen LogP contribution in [0.5, 0.6) is 0 Å². The average Bonchev–Trinajstić information content (AvgIpc) is 2.63. The average molecular weight is 687 g/mol. The Morgan fingerprint density at radius 1 is 0.488 bits per heavy atom. The molecule has 0 aromatic carbocycles. The van der Waals surface area contributed by atoms with Crippen LogP contribution in [0.4, 0.5) is 0 Å². The van der Waals surface area contributed by atoms with Gasteiger partial charge in [-0.25, -0.2) is 46.9 Å². The molecule has 4 rings (SSSR count). The second-order valence-corrected chi connectivity index (χ2v) is 8.48. The molecule has 0 aliphatic rings. The molecule has 0 radical (unpaired) electrons. The van der Waals surface area contributed by atoms with E-state index in [1.807, 2.05) is 0 Å². The van der Waals surface area contributed by atoms with Crippen molar-refractivity contribution in [1.82, 2.24) is 0 Å². The van der Waals surface area contributed by atoms with Gasteiger partial charge >= 0.3 is 30.7 Å². The van der Waals surface area contributed by atoms with Gasteiger partial charge in [0.05, 0.1) is 0 Å². The van der Waals surface area contributed by atoms with Gasteiger partial charge in [0.2, 0.25) is 0 Å². The molecule has 0 amide bonds. The van der Waals surface area contributed by atoms with Gasteiger partial charge < -0.3 is 28.6 Å². The number of fused-ring (bicyclic) bond motifs is 2. The molecular weight excluding hydrogens is 664 g/mol. The monoisotopic (exact) mass is 684 g/mol. The van der Waals surface area contributed by atoms with Crippen molar-refractivity contribution in [3.8, 4) is 0 Å². The normalized spacial score (nSPS) is 10.2. The SMILES string of the molecule is Cc1cc2oc(C)cc(=O)c2c(=O)o1.Cc1cc2oc(C)cc(=O)c2c(=O)o1.[O-][Cl+3]([O-])([O-])[O-].[O-][Cl+3]([O-])([O-])[O-].[OH3+].[OH3+].[Zn+2]. The Morgan fingerprint density at radius 3 is 0.951 bits per heavy atom. The van der Waals surface area contributed by atoms with E-state index in [1.54, 1.807) is 27.7 Å². The maximum Gasteiger partial charge on any atom is 2.00 e. The summed E-state index contributed by atoms with van der Waals surface area (Å²) < 4.78 is 88.0. The molecule has 4 aromatic heterocycles. The predicted molar refractivity (Wildman–Crippen MR) is 111 cm³/mol. The molecule has 0 aliphatic carbocycles. The van der Waals surface area contributed by atoms with E-state index >= 15 is 0 Å². The molecule has 0 atom stereocenters. The zero-order chi connectivity index (χ0) is 29.6. The first-order valence-electron chi connectivity index (χ1n) is 9.49. The van der Waals surface area contributed by atoms with E-state index in [0.29, 0.717) is 23.0 Å². The fraction of sp³-hybridized carbons (Fsp3) is 0.200. The predicted octanol–water partition coefficient (Wildman–Crippen LogP) is -8.63. The van der Waals surface area contributed by atoms with Crippen molar-refractivity contribution in [2.75, 3.05) is 0 Å². The molecular formula is C20H22Cl2O18Zn+2. The smallest absolute Gasteiger partial charge is 0.461 e. The fourth-order valence-corrected chi connectivity index (χ4v) is 2.69. The summed E-state index contributed by atoms with van der Waals surface area (Å²) in [5.41, 5.74) is -1.45. The maximum atomic E-state index is 11.4. The molecule has 6 N–H and O–H groups in total. The fourth-order valence-electron chi connectivity index (χ4n) is 2.69. The van der Waals surface area contributed by atoms with Crippen molar-refractivity contribution < 1.29 is 106 Å². The molecule has 0 fully saturated rings. The van der Waals surface area contributed by atoms with Crippen molar-refractivity contribution in [2.45, 2.75) is 27.7 Å². The largest absolute Gasteiger partial charge is 2.00 e. The summed E-state index contributed by atoms with van der Waals surface area (Å²) >= 11 is 0. The van der Waals surface area contributed by atoms with Crippen LogP contribution in [0.2, 0.25) is 0 Å². The molecule has 0 aliphatic heterocycles. The number of halogens is 2. The van der Waals surface area contributed by atoms with Crippen molar-refractivity contribution in [2.24, 2.45) is 0 Å². The quantitative estimate of drug-likeness (QED) is 0.122. The number of aryl methyl sites for hydroxylation is 4. The molecule has 0 saturated carbocycles. The molecule has 18 nitrogen and oxygen atoms in total. The Balaban J connectivity index is -0.000000507. The summed E-state index contributed by atoms with van der Waals surface area (Å²) in [4.78, 5) is 45.4. The van der Waals surface area contributed by atoms with Crippen molar-refractivity contribution >= 4 is 21.9 Å². The molecule has 4 aromatic rings. The van der Waals surface area contributed by atoms with Crippen LogP contribution in [0.25, 0.3) is 21.9 Å². The van der Waals surface area contributed by atoms with Gasteiger partial charge in [0.25, 0.3) is 0 Å². The minimum atomic E-state index is -4.94. The van der Waals surface area contributed by atoms with E-state index in [2.05, 4.69) is 0 Å². The van der Waals surface area contributed by atoms with Crippen LogP contribution in [0.3, 0.4) is 0 Å². The Bertz CT molecular complexity index is 1410. The van der Waals surface area contributed by atoms with Crippen molar-refractivity contribution in [3.05, 3.63) is 88.6 Å². The summed E-state index contributed by atoms with van der Waals surface area (Å²) in [7, 11) is -9.89. The van der Waals surface area contributed by atoms with Gasteiger partial charge in [0.15, 0.2) is 21.6 Å². The zero-order valence-electron chi connectivity index (χ0n) is 21.5. The third-order valence-electron chi connectivity index (χ3n) is 3.78.